The van der Waals surface area contributed by atoms with Crippen molar-refractivity contribution >= 4 is 46.1 Å². The number of nitrogens with one attached hydrogen (secondary N) is 2. The van der Waals surface area contributed by atoms with Gasteiger partial charge in [0.1, 0.15) is 11.6 Å². The van der Waals surface area contributed by atoms with Crippen LogP contribution in [0.2, 0.25) is 0 Å². The molecular weight excluding hydrogens is 809 g/mol. The average Bonchev–Trinajstić information content (AvgIpc) is 4.03. The number of ether oxygens (including phenoxy) is 1. The fourth-order valence-corrected chi connectivity index (χ4v) is 8.91. The maximum absolute atomic E-state index is 12.5. The minimum absolute atomic E-state index is 0.0195. The number of hydrogen-bond donors (Lipinski definition) is 3. The topological polar surface area (TPSA) is 171 Å². The molecule has 0 unspecified atom stereocenters. The van der Waals surface area contributed by atoms with Crippen molar-refractivity contribution < 1.29 is 19.4 Å². The van der Waals surface area contributed by atoms with Gasteiger partial charge >= 0.3 is 0 Å². The van der Waals surface area contributed by atoms with Crippen molar-refractivity contribution in [2.45, 2.75) is 111 Å². The molecule has 0 saturated heterocycles. The van der Waals surface area contributed by atoms with Gasteiger partial charge in [0.05, 0.1) is 26.3 Å². The zero-order chi connectivity index (χ0) is 43.7. The summed E-state index contributed by atoms with van der Waals surface area (Å²) < 4.78 is 5.82. The van der Waals surface area contributed by atoms with Crippen molar-refractivity contribution in [2.75, 3.05) is 50.2 Å². The van der Waals surface area contributed by atoms with Gasteiger partial charge in [0, 0.05) is 89.3 Å². The molecule has 3 N–H and O–H groups in total. The summed E-state index contributed by atoms with van der Waals surface area (Å²) >= 11 is 3.11. The van der Waals surface area contributed by atoms with Gasteiger partial charge in [0.15, 0.2) is 21.7 Å². The Morgan fingerprint density at radius 1 is 0.705 bits per heavy atom. The van der Waals surface area contributed by atoms with Crippen LogP contribution in [0.15, 0.2) is 42.7 Å². The van der Waals surface area contributed by atoms with Gasteiger partial charge in [-0.3, -0.25) is 9.59 Å². The van der Waals surface area contributed by atoms with Gasteiger partial charge < -0.3 is 30.3 Å². The number of amides is 2. The molecule has 2 aliphatic rings. The van der Waals surface area contributed by atoms with E-state index in [1.807, 2.05) is 89.8 Å². The molecule has 14 nitrogen and oxygen atoms in total. The Morgan fingerprint density at radius 3 is 1.64 bits per heavy atom. The Morgan fingerprint density at radius 2 is 1.18 bits per heavy atom. The van der Waals surface area contributed by atoms with Gasteiger partial charge in [-0.1, -0.05) is 30.3 Å². The molecule has 1 aromatic carbocycles. The van der Waals surface area contributed by atoms with Crippen LogP contribution in [0.1, 0.15) is 92.2 Å². The van der Waals surface area contributed by atoms with E-state index in [0.717, 1.165) is 98.9 Å². The van der Waals surface area contributed by atoms with E-state index in [4.69, 9.17) is 29.8 Å². The lowest BCUT2D eigenvalue weighted by atomic mass is 10.1. The SMILES string of the molecule is CN(CC(=O)NC(C)(C)C)c1nc(-c2ncc(CCO)s2)nc2c1CCC2.CN(CC(=O)NC(C)(C)C)c1nc(-c2ncc(CCOCc3ccccc3)s2)nc2c1CCC2. The molecule has 0 radical (unpaired) electrons. The number of aliphatic hydroxyl groups is 1. The van der Waals surface area contributed by atoms with E-state index in [9.17, 15) is 9.59 Å². The number of likely N-dealkylation sites (N-methyl/N-ethyl adjacent to an activating group) is 2. The molecule has 326 valence electrons. The molecular formula is C45H60N10O4S2. The Labute approximate surface area is 367 Å². The van der Waals surface area contributed by atoms with Crippen LogP contribution in [-0.2, 0) is 59.5 Å². The van der Waals surface area contributed by atoms with Crippen LogP contribution in [0.4, 0.5) is 11.6 Å². The van der Waals surface area contributed by atoms with E-state index in [1.54, 1.807) is 17.5 Å². The van der Waals surface area contributed by atoms with E-state index in [2.05, 4.69) is 32.7 Å². The van der Waals surface area contributed by atoms with Gasteiger partial charge in [-0.15, -0.1) is 22.7 Å². The highest BCUT2D eigenvalue weighted by Crippen LogP contribution is 2.34. The van der Waals surface area contributed by atoms with Crippen LogP contribution >= 0.6 is 22.7 Å². The second-order valence-corrected chi connectivity index (χ2v) is 19.9. The average molecular weight is 869 g/mol. The van der Waals surface area contributed by atoms with E-state index < -0.39 is 0 Å². The predicted octanol–water partition coefficient (Wildman–Crippen LogP) is 6.17. The molecule has 2 amide bonds. The first-order chi connectivity index (χ1) is 29.0. The second-order valence-electron chi connectivity index (χ2n) is 17.6. The third-order valence-corrected chi connectivity index (χ3v) is 11.9. The molecule has 7 rings (SSSR count). The summed E-state index contributed by atoms with van der Waals surface area (Å²) in [5, 5.41) is 16.7. The van der Waals surface area contributed by atoms with E-state index in [1.165, 1.54) is 16.9 Å². The summed E-state index contributed by atoms with van der Waals surface area (Å²) in [6.07, 6.45) is 10.9. The van der Waals surface area contributed by atoms with Crippen LogP contribution in [0.3, 0.4) is 0 Å². The van der Waals surface area contributed by atoms with E-state index in [0.29, 0.717) is 31.3 Å². The molecule has 16 heteroatoms. The second kappa shape index (κ2) is 20.3. The van der Waals surface area contributed by atoms with E-state index in [-0.39, 0.29) is 42.6 Å². The molecule has 0 atom stereocenters. The van der Waals surface area contributed by atoms with Crippen molar-refractivity contribution in [3.05, 3.63) is 80.6 Å². The largest absolute Gasteiger partial charge is 0.396 e. The lowest BCUT2D eigenvalue weighted by Gasteiger charge is -2.25. The number of carbonyl (C=O) groups excluding carboxylic acids is 2. The van der Waals surface area contributed by atoms with Gasteiger partial charge in [-0.05, 0) is 85.6 Å². The maximum Gasteiger partial charge on any atom is 0.239 e. The Hall–Kier alpha value is -4.90. The number of anilines is 2. The number of thiazole rings is 2. The summed E-state index contributed by atoms with van der Waals surface area (Å²) in [6, 6.07) is 10.2. The number of fused-ring (bicyclic) bond motifs is 2. The number of aromatic nitrogens is 6. The smallest absolute Gasteiger partial charge is 0.239 e. The summed E-state index contributed by atoms with van der Waals surface area (Å²) in [5.74, 6) is 2.84. The minimum atomic E-state index is -0.265. The highest BCUT2D eigenvalue weighted by Gasteiger charge is 2.27. The zero-order valence-corrected chi connectivity index (χ0v) is 38.4. The van der Waals surface area contributed by atoms with Crippen molar-refractivity contribution in [1.82, 2.24) is 40.5 Å². The maximum atomic E-state index is 12.5. The molecule has 5 aromatic rings. The number of hydrogen-bond acceptors (Lipinski definition) is 14. The van der Waals surface area contributed by atoms with Crippen LogP contribution in [0.5, 0.6) is 0 Å². The van der Waals surface area contributed by atoms with Gasteiger partial charge in [-0.2, -0.15) is 0 Å². The molecule has 2 aliphatic carbocycles. The molecule has 0 fully saturated rings. The lowest BCUT2D eigenvalue weighted by molar-refractivity contribution is -0.122. The van der Waals surface area contributed by atoms with Crippen molar-refractivity contribution in [3.8, 4) is 21.7 Å². The number of aliphatic hydroxyl groups excluding tert-OH is 1. The quantitative estimate of drug-likeness (QED) is 0.102. The van der Waals surface area contributed by atoms with Crippen LogP contribution in [0, 0.1) is 0 Å². The molecule has 4 heterocycles. The molecule has 4 aromatic heterocycles. The normalized spacial score (nSPS) is 13.3. The summed E-state index contributed by atoms with van der Waals surface area (Å²) in [6.45, 7) is 13.7. The monoisotopic (exact) mass is 868 g/mol. The fraction of sp³-hybridized carbons (Fsp3) is 0.511. The van der Waals surface area contributed by atoms with E-state index >= 15 is 0 Å². The van der Waals surface area contributed by atoms with Gasteiger partial charge in [0.25, 0.3) is 0 Å². The number of carbonyl (C=O) groups is 2. The number of rotatable bonds is 15. The van der Waals surface area contributed by atoms with Crippen LogP contribution in [0.25, 0.3) is 21.7 Å². The number of nitrogens with zero attached hydrogens (tertiary/aromatic N) is 8. The third kappa shape index (κ3) is 13.1. The first-order valence-corrected chi connectivity index (χ1v) is 22.6. The molecule has 61 heavy (non-hydrogen) atoms. The highest BCUT2D eigenvalue weighted by atomic mass is 32.1. The molecule has 0 bridgehead atoms. The van der Waals surface area contributed by atoms with Gasteiger partial charge in [0.2, 0.25) is 11.8 Å². The number of benzene rings is 1. The Balaban J connectivity index is 0.000000210. The van der Waals surface area contributed by atoms with Crippen LogP contribution in [-0.4, -0.2) is 98.3 Å². The first kappa shape index (κ1) is 45.6. The summed E-state index contributed by atoms with van der Waals surface area (Å²) in [7, 11) is 3.82. The van der Waals surface area contributed by atoms with Crippen molar-refractivity contribution in [1.29, 1.82) is 0 Å². The molecule has 0 spiro atoms. The highest BCUT2D eigenvalue weighted by molar-refractivity contribution is 7.15. The fourth-order valence-electron chi connectivity index (χ4n) is 7.24. The van der Waals surface area contributed by atoms with Crippen LogP contribution < -0.4 is 20.4 Å². The Bertz CT molecular complexity index is 2270. The molecule has 0 aliphatic heterocycles. The first-order valence-electron chi connectivity index (χ1n) is 21.0. The summed E-state index contributed by atoms with van der Waals surface area (Å²) in [5.41, 5.74) is 5.06. The number of aryl methyl sites for hydroxylation is 2. The van der Waals surface area contributed by atoms with Crippen molar-refractivity contribution in [2.24, 2.45) is 0 Å². The third-order valence-electron chi connectivity index (χ3n) is 9.79. The Kier molecular flexibility index (Phi) is 15.2. The van der Waals surface area contributed by atoms with Gasteiger partial charge in [-0.25, -0.2) is 29.9 Å². The van der Waals surface area contributed by atoms with Crippen molar-refractivity contribution in [3.63, 3.8) is 0 Å². The zero-order valence-electron chi connectivity index (χ0n) is 36.8. The lowest BCUT2D eigenvalue weighted by Crippen LogP contribution is -2.45. The molecule has 0 saturated carbocycles. The summed E-state index contributed by atoms with van der Waals surface area (Å²) in [4.78, 5) is 59.0. The predicted molar refractivity (Wildman–Crippen MR) is 243 cm³/mol. The minimum Gasteiger partial charge on any atom is -0.396 e. The standard InChI is InChI=1S/C26H33N5O2S.C19H27N5O2S/c1-26(2,3)30-22(32)16-31(4)24-20-11-8-12-21(20)28-23(29-24)25-27-15-19(34-25)13-14-33-17-18-9-6-5-7-10-18;1-19(2,3)23-15(26)11-24(4)17-13-6-5-7-14(13)21-16(22-17)18-20-10-12(27-18)8-9-25/h5-7,9-10,15H,8,11-14,16-17H2,1-4H3,(H,30,32);10,25H,5-9,11H2,1-4H3,(H,23,26).